The number of nitrogens with two attached hydrogens (primary N) is 1. The van der Waals surface area contributed by atoms with Crippen LogP contribution in [0.15, 0.2) is 28.8 Å². The van der Waals surface area contributed by atoms with Crippen molar-refractivity contribution >= 4 is 16.8 Å². The van der Waals surface area contributed by atoms with Gasteiger partial charge in [-0.1, -0.05) is 17.3 Å². The number of anilines is 1. The van der Waals surface area contributed by atoms with Gasteiger partial charge in [0, 0.05) is 39.3 Å². The van der Waals surface area contributed by atoms with Crippen LogP contribution in [0.25, 0.3) is 11.0 Å². The molecule has 0 atom stereocenters. The molecule has 2 N–H and O–H groups in total. The van der Waals surface area contributed by atoms with E-state index in [1.807, 2.05) is 18.2 Å². The van der Waals surface area contributed by atoms with Crippen LogP contribution in [0.1, 0.15) is 0 Å². The Morgan fingerprint density at radius 2 is 1.94 bits per heavy atom. The molecule has 0 amide bonds. The third-order valence-corrected chi connectivity index (χ3v) is 3.48. The van der Waals surface area contributed by atoms with E-state index in [0.717, 1.165) is 56.1 Å². The van der Waals surface area contributed by atoms with Crippen LogP contribution in [0.5, 0.6) is 0 Å². The van der Waals surface area contributed by atoms with E-state index in [2.05, 4.69) is 21.0 Å². The number of nitrogens with zero attached hydrogens (tertiary/aromatic N) is 3. The van der Waals surface area contributed by atoms with Gasteiger partial charge in [-0.25, -0.2) is 0 Å². The van der Waals surface area contributed by atoms with E-state index >= 15 is 0 Å². The molecule has 1 aliphatic heterocycles. The lowest BCUT2D eigenvalue weighted by Crippen LogP contribution is -2.47. The molecule has 5 nitrogen and oxygen atoms in total. The largest absolute Gasteiger partial charge is 0.354 e. The Hall–Kier alpha value is -1.59. The average molecular weight is 246 g/mol. The predicted octanol–water partition coefficient (Wildman–Crippen LogP) is 0.908. The minimum absolute atomic E-state index is 0.729. The molecule has 0 spiro atoms. The molecule has 1 aromatic heterocycles. The Balaban J connectivity index is 1.76. The smallest absolute Gasteiger partial charge is 0.180 e. The molecule has 1 fully saturated rings. The van der Waals surface area contributed by atoms with Gasteiger partial charge in [-0.3, -0.25) is 4.90 Å². The van der Waals surface area contributed by atoms with Gasteiger partial charge in [-0.05, 0) is 12.1 Å². The summed E-state index contributed by atoms with van der Waals surface area (Å²) in [6, 6.07) is 8.01. The highest BCUT2D eigenvalue weighted by Crippen LogP contribution is 2.26. The SMILES string of the molecule is NCCN1CCN(c2noc3ccccc23)CC1. The fourth-order valence-electron chi connectivity index (χ4n) is 2.47. The molecule has 0 radical (unpaired) electrons. The maximum atomic E-state index is 5.58. The third-order valence-electron chi connectivity index (χ3n) is 3.48. The molecule has 96 valence electrons. The number of para-hydroxylation sites is 1. The van der Waals surface area contributed by atoms with Crippen molar-refractivity contribution in [1.82, 2.24) is 10.1 Å². The van der Waals surface area contributed by atoms with Crippen LogP contribution in [0, 0.1) is 0 Å². The first-order valence-electron chi connectivity index (χ1n) is 6.40. The van der Waals surface area contributed by atoms with E-state index in [4.69, 9.17) is 10.3 Å². The molecule has 5 heteroatoms. The standard InChI is InChI=1S/C13H18N4O/c14-5-6-16-7-9-17(10-8-16)13-11-3-1-2-4-12(11)18-15-13/h1-4H,5-10,14H2. The fraction of sp³-hybridized carbons (Fsp3) is 0.462. The van der Waals surface area contributed by atoms with Crippen LogP contribution in [0.4, 0.5) is 5.82 Å². The van der Waals surface area contributed by atoms with E-state index in [9.17, 15) is 0 Å². The highest BCUT2D eigenvalue weighted by atomic mass is 16.5. The zero-order chi connectivity index (χ0) is 12.4. The van der Waals surface area contributed by atoms with Gasteiger partial charge in [0.05, 0.1) is 5.39 Å². The van der Waals surface area contributed by atoms with E-state index in [0.29, 0.717) is 0 Å². The van der Waals surface area contributed by atoms with Gasteiger partial charge in [0.1, 0.15) is 0 Å². The highest BCUT2D eigenvalue weighted by Gasteiger charge is 2.20. The summed E-state index contributed by atoms with van der Waals surface area (Å²) in [4.78, 5) is 4.68. The minimum Gasteiger partial charge on any atom is -0.354 e. The summed E-state index contributed by atoms with van der Waals surface area (Å²) < 4.78 is 5.35. The Morgan fingerprint density at radius 3 is 2.72 bits per heavy atom. The van der Waals surface area contributed by atoms with Gasteiger partial charge < -0.3 is 15.2 Å². The molecular weight excluding hydrogens is 228 g/mol. The molecule has 0 aliphatic carbocycles. The van der Waals surface area contributed by atoms with Crippen molar-refractivity contribution in [2.75, 3.05) is 44.2 Å². The Morgan fingerprint density at radius 1 is 1.17 bits per heavy atom. The zero-order valence-electron chi connectivity index (χ0n) is 10.4. The molecule has 0 unspecified atom stereocenters. The zero-order valence-corrected chi connectivity index (χ0v) is 10.4. The van der Waals surface area contributed by atoms with Crippen molar-refractivity contribution < 1.29 is 4.52 Å². The number of hydrogen-bond acceptors (Lipinski definition) is 5. The van der Waals surface area contributed by atoms with Gasteiger partial charge in [-0.2, -0.15) is 0 Å². The molecule has 0 saturated carbocycles. The molecule has 0 bridgehead atoms. The van der Waals surface area contributed by atoms with E-state index < -0.39 is 0 Å². The van der Waals surface area contributed by atoms with Gasteiger partial charge >= 0.3 is 0 Å². The maximum Gasteiger partial charge on any atom is 0.180 e. The second-order valence-electron chi connectivity index (χ2n) is 4.62. The average Bonchev–Trinajstić information content (AvgIpc) is 2.84. The number of benzene rings is 1. The first kappa shape index (κ1) is 11.5. The molecule has 1 aliphatic rings. The van der Waals surface area contributed by atoms with E-state index in [-0.39, 0.29) is 0 Å². The van der Waals surface area contributed by atoms with Crippen LogP contribution in [-0.2, 0) is 0 Å². The first-order chi connectivity index (χ1) is 8.88. The summed E-state index contributed by atoms with van der Waals surface area (Å²) in [5.74, 6) is 0.970. The number of rotatable bonds is 3. The Labute approximate surface area is 106 Å². The quantitative estimate of drug-likeness (QED) is 0.872. The predicted molar refractivity (Wildman–Crippen MR) is 71.7 cm³/mol. The van der Waals surface area contributed by atoms with E-state index in [1.54, 1.807) is 0 Å². The lowest BCUT2D eigenvalue weighted by Gasteiger charge is -2.34. The molecule has 2 aromatic rings. The van der Waals surface area contributed by atoms with Gasteiger partial charge in [-0.15, -0.1) is 0 Å². The number of fused-ring (bicyclic) bond motifs is 1. The summed E-state index contributed by atoms with van der Waals surface area (Å²) in [5, 5.41) is 5.30. The van der Waals surface area contributed by atoms with Crippen molar-refractivity contribution in [2.45, 2.75) is 0 Å². The van der Waals surface area contributed by atoms with E-state index in [1.165, 1.54) is 0 Å². The number of hydrogen-bond donors (Lipinski definition) is 1. The monoisotopic (exact) mass is 246 g/mol. The molecule has 1 aromatic carbocycles. The second kappa shape index (κ2) is 4.96. The normalized spacial score (nSPS) is 17.5. The molecular formula is C13H18N4O. The van der Waals surface area contributed by atoms with Crippen molar-refractivity contribution in [1.29, 1.82) is 0 Å². The lowest BCUT2D eigenvalue weighted by molar-refractivity contribution is 0.263. The highest BCUT2D eigenvalue weighted by molar-refractivity contribution is 5.88. The van der Waals surface area contributed by atoms with Crippen LogP contribution in [0.2, 0.25) is 0 Å². The lowest BCUT2D eigenvalue weighted by atomic mass is 10.2. The minimum atomic E-state index is 0.729. The van der Waals surface area contributed by atoms with Crippen LogP contribution in [0.3, 0.4) is 0 Å². The summed E-state index contributed by atoms with van der Waals surface area (Å²) >= 11 is 0. The molecule has 2 heterocycles. The topological polar surface area (TPSA) is 58.5 Å². The van der Waals surface area contributed by atoms with Crippen LogP contribution < -0.4 is 10.6 Å². The Bertz CT molecular complexity index is 516. The first-order valence-corrected chi connectivity index (χ1v) is 6.40. The fourth-order valence-corrected chi connectivity index (χ4v) is 2.47. The van der Waals surface area contributed by atoms with Crippen molar-refractivity contribution in [3.8, 4) is 0 Å². The van der Waals surface area contributed by atoms with Gasteiger partial charge in [0.15, 0.2) is 11.4 Å². The van der Waals surface area contributed by atoms with Crippen molar-refractivity contribution in [3.63, 3.8) is 0 Å². The molecule has 18 heavy (non-hydrogen) atoms. The van der Waals surface area contributed by atoms with Crippen molar-refractivity contribution in [3.05, 3.63) is 24.3 Å². The number of aromatic nitrogens is 1. The summed E-state index contributed by atoms with van der Waals surface area (Å²) in [7, 11) is 0. The third kappa shape index (κ3) is 2.07. The summed E-state index contributed by atoms with van der Waals surface area (Å²) in [5.41, 5.74) is 6.44. The molecule has 1 saturated heterocycles. The summed E-state index contributed by atoms with van der Waals surface area (Å²) in [6.07, 6.45) is 0. The number of piperazine rings is 1. The second-order valence-corrected chi connectivity index (χ2v) is 4.62. The maximum absolute atomic E-state index is 5.58. The van der Waals surface area contributed by atoms with Gasteiger partial charge in [0.2, 0.25) is 0 Å². The van der Waals surface area contributed by atoms with Gasteiger partial charge in [0.25, 0.3) is 0 Å². The Kier molecular flexibility index (Phi) is 3.17. The van der Waals surface area contributed by atoms with Crippen molar-refractivity contribution in [2.24, 2.45) is 5.73 Å². The van der Waals surface area contributed by atoms with Crippen LogP contribution in [-0.4, -0.2) is 49.3 Å². The summed E-state index contributed by atoms with van der Waals surface area (Å²) in [6.45, 7) is 5.75. The molecule has 3 rings (SSSR count). The van der Waals surface area contributed by atoms with Crippen LogP contribution >= 0.6 is 0 Å².